The fraction of sp³-hybridized carbons (Fsp3) is 0.381. The summed E-state index contributed by atoms with van der Waals surface area (Å²) >= 11 is 0. The van der Waals surface area contributed by atoms with Gasteiger partial charge < -0.3 is 24.5 Å². The van der Waals surface area contributed by atoms with Crippen molar-refractivity contribution < 1.29 is 14.3 Å². The second kappa shape index (κ2) is 9.25. The van der Waals surface area contributed by atoms with Gasteiger partial charge in [0.25, 0.3) is 0 Å². The number of rotatable bonds is 9. The number of aldehydes is 1. The molecule has 3 rings (SSSR count). The maximum atomic E-state index is 11.0. The molecule has 0 saturated carbocycles. The lowest BCUT2D eigenvalue weighted by molar-refractivity contribution is -0.117. The average molecular weight is 354 g/mol. The van der Waals surface area contributed by atoms with E-state index in [1.165, 1.54) is 0 Å². The van der Waals surface area contributed by atoms with Gasteiger partial charge in [-0.1, -0.05) is 24.3 Å². The van der Waals surface area contributed by atoms with E-state index in [1.807, 2.05) is 37.3 Å². The number of fused-ring (bicyclic) bond motifs is 1. The molecule has 0 aromatic heterocycles. The van der Waals surface area contributed by atoms with Crippen molar-refractivity contribution in [2.75, 3.05) is 43.1 Å². The Bertz CT molecular complexity index is 703. The van der Waals surface area contributed by atoms with E-state index in [4.69, 9.17) is 9.47 Å². The second-order valence-electron chi connectivity index (χ2n) is 6.26. The van der Waals surface area contributed by atoms with Crippen LogP contribution in [0.3, 0.4) is 0 Å². The van der Waals surface area contributed by atoms with E-state index in [9.17, 15) is 4.79 Å². The van der Waals surface area contributed by atoms with Crippen LogP contribution in [0, 0.1) is 0 Å². The number of anilines is 2. The first-order chi connectivity index (χ1) is 12.8. The second-order valence-corrected chi connectivity index (χ2v) is 6.26. The molecule has 138 valence electrons. The number of hydrogen-bond donors (Lipinski definition) is 1. The van der Waals surface area contributed by atoms with Gasteiger partial charge in [0.1, 0.15) is 24.7 Å². The Kier molecular flexibility index (Phi) is 6.50. The third-order valence-electron chi connectivity index (χ3n) is 4.46. The van der Waals surface area contributed by atoms with Crippen LogP contribution in [0.5, 0.6) is 5.75 Å². The molecule has 0 fully saturated rings. The summed E-state index contributed by atoms with van der Waals surface area (Å²) in [4.78, 5) is 13.3. The summed E-state index contributed by atoms with van der Waals surface area (Å²) in [5.74, 6) is 0.960. The highest BCUT2D eigenvalue weighted by Crippen LogP contribution is 2.30. The Morgan fingerprint density at radius 1 is 1.23 bits per heavy atom. The van der Waals surface area contributed by atoms with Gasteiger partial charge in [0.15, 0.2) is 0 Å². The monoisotopic (exact) mass is 354 g/mol. The third-order valence-corrected chi connectivity index (χ3v) is 4.46. The van der Waals surface area contributed by atoms with E-state index in [1.54, 1.807) is 0 Å². The van der Waals surface area contributed by atoms with Crippen molar-refractivity contribution in [3.05, 3.63) is 54.1 Å². The largest absolute Gasteiger partial charge is 0.490 e. The summed E-state index contributed by atoms with van der Waals surface area (Å²) in [6.07, 6.45) is 1.12. The molecule has 26 heavy (non-hydrogen) atoms. The predicted octanol–water partition coefficient (Wildman–Crippen LogP) is 3.14. The van der Waals surface area contributed by atoms with Gasteiger partial charge in [-0.25, -0.2) is 0 Å². The van der Waals surface area contributed by atoms with Crippen LogP contribution in [-0.2, 0) is 16.0 Å². The lowest BCUT2D eigenvalue weighted by Crippen LogP contribution is -2.36. The van der Waals surface area contributed by atoms with Crippen molar-refractivity contribution >= 4 is 17.7 Å². The number of ether oxygens (including phenoxy) is 2. The molecule has 1 atom stereocenters. The first kappa shape index (κ1) is 18.3. The number of carbonyl (C=O) groups excluding carboxylic acids is 1. The zero-order chi connectivity index (χ0) is 18.2. The number of para-hydroxylation sites is 2. The molecular formula is C21H26N2O3. The van der Waals surface area contributed by atoms with Crippen molar-refractivity contribution in [3.8, 4) is 5.75 Å². The van der Waals surface area contributed by atoms with Crippen molar-refractivity contribution in [3.63, 3.8) is 0 Å². The number of benzene rings is 2. The molecular weight excluding hydrogens is 328 g/mol. The van der Waals surface area contributed by atoms with Crippen LogP contribution in [0.2, 0.25) is 0 Å². The van der Waals surface area contributed by atoms with Gasteiger partial charge in [-0.2, -0.15) is 0 Å². The summed E-state index contributed by atoms with van der Waals surface area (Å²) in [6.45, 7) is 5.85. The zero-order valence-corrected chi connectivity index (χ0v) is 15.2. The minimum absolute atomic E-state index is 0.361. The van der Waals surface area contributed by atoms with Crippen LogP contribution in [0.4, 0.5) is 11.4 Å². The molecule has 2 aromatic rings. The third kappa shape index (κ3) is 4.76. The quantitative estimate of drug-likeness (QED) is 0.701. The molecule has 1 aliphatic rings. The fourth-order valence-electron chi connectivity index (χ4n) is 3.15. The van der Waals surface area contributed by atoms with Crippen LogP contribution in [-0.4, -0.2) is 45.2 Å². The lowest BCUT2D eigenvalue weighted by atomic mass is 10.1. The van der Waals surface area contributed by atoms with E-state index in [0.29, 0.717) is 13.0 Å². The molecule has 5 nitrogen and oxygen atoms in total. The first-order valence-electron chi connectivity index (χ1n) is 9.16. The Labute approximate surface area is 154 Å². The molecule has 0 saturated heterocycles. The van der Waals surface area contributed by atoms with Crippen molar-refractivity contribution in [1.29, 1.82) is 0 Å². The molecule has 0 radical (unpaired) electrons. The minimum atomic E-state index is -0.361. The molecule has 0 amide bonds. The smallest absolute Gasteiger partial charge is 0.149 e. The van der Waals surface area contributed by atoms with Crippen molar-refractivity contribution in [1.82, 2.24) is 0 Å². The Morgan fingerprint density at radius 2 is 2.04 bits per heavy atom. The SMILES string of the molecule is CCOC(C=O)Cc1ccc(NCCN2CCOc3ccccc32)cc1. The summed E-state index contributed by atoms with van der Waals surface area (Å²) in [6, 6.07) is 16.4. The molecule has 1 unspecified atom stereocenters. The minimum Gasteiger partial charge on any atom is -0.490 e. The molecule has 0 bridgehead atoms. The lowest BCUT2D eigenvalue weighted by Gasteiger charge is -2.31. The number of nitrogens with one attached hydrogen (secondary N) is 1. The molecule has 0 spiro atoms. The molecule has 0 aliphatic carbocycles. The molecule has 2 aromatic carbocycles. The van der Waals surface area contributed by atoms with Gasteiger partial charge in [0.05, 0.1) is 12.2 Å². The van der Waals surface area contributed by atoms with Crippen LogP contribution >= 0.6 is 0 Å². The highest BCUT2D eigenvalue weighted by Gasteiger charge is 2.16. The van der Waals surface area contributed by atoms with Crippen molar-refractivity contribution in [2.45, 2.75) is 19.4 Å². The standard InChI is InChI=1S/C21H26N2O3/c1-2-25-19(16-24)15-17-7-9-18(10-8-17)22-11-12-23-13-14-26-21-6-4-3-5-20(21)23/h3-10,16,19,22H,2,11-15H2,1H3. The summed E-state index contributed by atoms with van der Waals surface area (Å²) in [5.41, 5.74) is 3.34. The average Bonchev–Trinajstić information content (AvgIpc) is 2.69. The summed E-state index contributed by atoms with van der Waals surface area (Å²) < 4.78 is 11.1. The van der Waals surface area contributed by atoms with Gasteiger partial charge in [-0.15, -0.1) is 0 Å². The highest BCUT2D eigenvalue weighted by atomic mass is 16.5. The highest BCUT2D eigenvalue weighted by molar-refractivity contribution is 5.60. The molecule has 1 heterocycles. The zero-order valence-electron chi connectivity index (χ0n) is 15.2. The maximum Gasteiger partial charge on any atom is 0.149 e. The van der Waals surface area contributed by atoms with Gasteiger partial charge in [0, 0.05) is 31.8 Å². The van der Waals surface area contributed by atoms with Crippen LogP contribution in [0.25, 0.3) is 0 Å². The van der Waals surface area contributed by atoms with Crippen LogP contribution in [0.1, 0.15) is 12.5 Å². The van der Waals surface area contributed by atoms with Gasteiger partial charge in [-0.3, -0.25) is 0 Å². The van der Waals surface area contributed by atoms with Crippen LogP contribution < -0.4 is 15.0 Å². The van der Waals surface area contributed by atoms with E-state index in [-0.39, 0.29) is 6.10 Å². The molecule has 1 aliphatic heterocycles. The van der Waals surface area contributed by atoms with Gasteiger partial charge in [-0.05, 0) is 36.8 Å². The summed E-state index contributed by atoms with van der Waals surface area (Å²) in [7, 11) is 0. The maximum absolute atomic E-state index is 11.0. The van der Waals surface area contributed by atoms with E-state index in [0.717, 1.165) is 55.2 Å². The van der Waals surface area contributed by atoms with E-state index in [2.05, 4.69) is 28.4 Å². The Balaban J connectivity index is 1.49. The van der Waals surface area contributed by atoms with Crippen LogP contribution in [0.15, 0.2) is 48.5 Å². The number of carbonyl (C=O) groups is 1. The van der Waals surface area contributed by atoms with E-state index >= 15 is 0 Å². The van der Waals surface area contributed by atoms with Gasteiger partial charge >= 0.3 is 0 Å². The molecule has 1 N–H and O–H groups in total. The topological polar surface area (TPSA) is 50.8 Å². The van der Waals surface area contributed by atoms with Crippen molar-refractivity contribution in [2.24, 2.45) is 0 Å². The first-order valence-corrected chi connectivity index (χ1v) is 9.16. The Morgan fingerprint density at radius 3 is 2.81 bits per heavy atom. The molecule has 5 heteroatoms. The normalized spacial score (nSPS) is 14.3. The summed E-state index contributed by atoms with van der Waals surface area (Å²) in [5, 5.41) is 3.46. The number of hydrogen-bond acceptors (Lipinski definition) is 5. The Hall–Kier alpha value is -2.53. The predicted molar refractivity (Wildman–Crippen MR) is 104 cm³/mol. The van der Waals surface area contributed by atoms with Gasteiger partial charge in [0.2, 0.25) is 0 Å². The number of nitrogens with zero attached hydrogens (tertiary/aromatic N) is 1. The van der Waals surface area contributed by atoms with E-state index < -0.39 is 0 Å². The fourth-order valence-corrected chi connectivity index (χ4v) is 3.15.